The Morgan fingerprint density at radius 2 is 1.31 bits per heavy atom. The minimum atomic E-state index is -0.553. The molecule has 0 saturated carbocycles. The van der Waals surface area contributed by atoms with Crippen LogP contribution in [-0.2, 0) is 32.4 Å². The summed E-state index contributed by atoms with van der Waals surface area (Å²) in [4.78, 5) is 0. The van der Waals surface area contributed by atoms with Gasteiger partial charge < -0.3 is 19.9 Å². The molecule has 3 aromatic rings. The molecule has 4 atom stereocenters. The van der Waals surface area contributed by atoms with E-state index < -0.39 is 19.5 Å². The average Bonchev–Trinajstić information content (AvgIpc) is 2.79. The van der Waals surface area contributed by atoms with Crippen LogP contribution in [0.1, 0.15) is 40.5 Å². The van der Waals surface area contributed by atoms with Crippen LogP contribution in [0.25, 0.3) is 11.1 Å². The molecule has 35 heavy (non-hydrogen) atoms. The van der Waals surface area contributed by atoms with E-state index in [9.17, 15) is 0 Å². The number of hydrogen-bond donors (Lipinski definition) is 1. The van der Waals surface area contributed by atoms with Crippen molar-refractivity contribution in [2.75, 3.05) is 5.73 Å². The summed E-state index contributed by atoms with van der Waals surface area (Å²) in [5.41, 5.74) is 8.72. The molecular weight excluding hydrogens is 571 g/mol. The van der Waals surface area contributed by atoms with E-state index in [2.05, 4.69) is 91.8 Å². The Morgan fingerprint density at radius 3 is 1.86 bits per heavy atom. The molecule has 4 bridgehead atoms. The molecule has 0 aliphatic carbocycles. The molecular formula is C28H31ClNO3PPd. The molecule has 4 nitrogen and oxygen atoms in total. The third-order valence-electron chi connectivity index (χ3n) is 6.52. The van der Waals surface area contributed by atoms with Crippen LogP contribution in [0, 0.1) is 6.07 Å². The van der Waals surface area contributed by atoms with Crippen LogP contribution in [0.4, 0.5) is 5.69 Å². The van der Waals surface area contributed by atoms with Crippen LogP contribution >= 0.6 is 17.5 Å². The van der Waals surface area contributed by atoms with E-state index in [0.717, 1.165) is 29.7 Å². The number of anilines is 1. The molecule has 4 heterocycles. The number of rotatable bonds is 2. The SMILES string of the molecule is CC12CC3(C)OC(C)(CC(C)(O1)P3c1ccccc1)O2.Nc1ccccc1-c1[c-]cccc1.[Cl][Pd+]. The summed E-state index contributed by atoms with van der Waals surface area (Å²) in [6, 6.07) is 29.5. The zero-order valence-electron chi connectivity index (χ0n) is 20.4. The van der Waals surface area contributed by atoms with Crippen LogP contribution < -0.4 is 11.0 Å². The molecule has 0 radical (unpaired) electrons. The maximum atomic E-state index is 6.42. The molecule has 7 heteroatoms. The first-order chi connectivity index (χ1) is 16.6. The van der Waals surface area contributed by atoms with E-state index in [4.69, 9.17) is 19.9 Å². The fraction of sp³-hybridized carbons (Fsp3) is 0.357. The fourth-order valence-corrected chi connectivity index (χ4v) is 10.0. The molecule has 0 aromatic heterocycles. The first-order valence-corrected chi connectivity index (χ1v) is 14.9. The number of halogens is 1. The van der Waals surface area contributed by atoms with Gasteiger partial charge in [0, 0.05) is 12.8 Å². The van der Waals surface area contributed by atoms with E-state index in [1.54, 1.807) is 0 Å². The Kier molecular flexibility index (Phi) is 7.83. The zero-order chi connectivity index (χ0) is 25.3. The van der Waals surface area contributed by atoms with Gasteiger partial charge in [-0.05, 0) is 52.7 Å². The Bertz CT molecular complexity index is 1110. The van der Waals surface area contributed by atoms with E-state index >= 15 is 0 Å². The van der Waals surface area contributed by atoms with Crippen LogP contribution in [0.5, 0.6) is 0 Å². The maximum absolute atomic E-state index is 6.42. The third kappa shape index (κ3) is 5.39. The van der Waals surface area contributed by atoms with Crippen LogP contribution in [0.2, 0.25) is 0 Å². The van der Waals surface area contributed by atoms with Crippen molar-refractivity contribution in [3.63, 3.8) is 0 Å². The molecule has 4 aliphatic heterocycles. The van der Waals surface area contributed by atoms with Crippen molar-refractivity contribution in [1.82, 2.24) is 0 Å². The second kappa shape index (κ2) is 10.2. The van der Waals surface area contributed by atoms with Gasteiger partial charge in [0.15, 0.2) is 11.6 Å². The van der Waals surface area contributed by atoms with Gasteiger partial charge in [0.05, 0.1) is 10.7 Å². The zero-order valence-corrected chi connectivity index (χ0v) is 23.6. The second-order valence-electron chi connectivity index (χ2n) is 9.81. The molecule has 0 spiro atoms. The van der Waals surface area contributed by atoms with Crippen molar-refractivity contribution in [3.8, 4) is 11.1 Å². The standard InChI is InChI=1S/C16H21O3P.C12H10N.ClH.Pd/c1-13-10-15(3)19-14(2,17-13)11-16(4,18-13)20(15)12-8-6-5-7-9-12;13-12-9-5-4-8-11(12)10-6-2-1-3-7-10;;/h5-9H,10-11H2,1-4H3;1-6,8-9H,13H2;1H;/q;-1;;+2/p-1. The van der Waals surface area contributed by atoms with Gasteiger partial charge in [-0.15, -0.1) is 35.9 Å². The summed E-state index contributed by atoms with van der Waals surface area (Å²) in [6.45, 7) is 8.59. The van der Waals surface area contributed by atoms with Gasteiger partial charge in [-0.1, -0.05) is 54.1 Å². The van der Waals surface area contributed by atoms with Gasteiger partial charge in [-0.2, -0.15) is 0 Å². The molecule has 0 amide bonds. The number of hydrogen-bond acceptors (Lipinski definition) is 4. The van der Waals surface area contributed by atoms with Gasteiger partial charge in [0.2, 0.25) is 0 Å². The number of nitrogens with two attached hydrogens (primary N) is 1. The topological polar surface area (TPSA) is 53.7 Å². The molecule has 2 N–H and O–H groups in total. The van der Waals surface area contributed by atoms with Gasteiger partial charge >= 0.3 is 27.7 Å². The molecule has 4 saturated heterocycles. The Balaban J connectivity index is 0.000000167. The summed E-state index contributed by atoms with van der Waals surface area (Å²) in [5.74, 6) is -1.02. The fourth-order valence-electron chi connectivity index (χ4n) is 6.01. The summed E-state index contributed by atoms with van der Waals surface area (Å²) in [6.07, 6.45) is 1.59. The second-order valence-corrected chi connectivity index (χ2v) is 12.9. The molecule has 4 fully saturated rings. The minimum absolute atomic E-state index is 0.177. The Labute approximate surface area is 224 Å². The molecule has 188 valence electrons. The van der Waals surface area contributed by atoms with Crippen molar-refractivity contribution in [2.24, 2.45) is 0 Å². The molecule has 3 aromatic carbocycles. The van der Waals surface area contributed by atoms with Crippen LogP contribution in [0.3, 0.4) is 0 Å². The van der Waals surface area contributed by atoms with E-state index in [1.165, 1.54) is 5.30 Å². The van der Waals surface area contributed by atoms with E-state index in [-0.39, 0.29) is 10.7 Å². The van der Waals surface area contributed by atoms with E-state index in [1.807, 2.05) is 48.5 Å². The first-order valence-electron chi connectivity index (χ1n) is 11.5. The first kappa shape index (κ1) is 26.8. The molecule has 7 rings (SSSR count). The van der Waals surface area contributed by atoms with E-state index in [0.29, 0.717) is 0 Å². The van der Waals surface area contributed by atoms with Crippen molar-refractivity contribution < 1.29 is 32.4 Å². The number of benzene rings is 3. The van der Waals surface area contributed by atoms with Crippen molar-refractivity contribution >= 4 is 28.4 Å². The number of nitrogen functional groups attached to an aromatic ring is 1. The molecule has 4 aliphatic rings. The third-order valence-corrected chi connectivity index (χ3v) is 9.73. The number of para-hydroxylation sites is 1. The summed E-state index contributed by atoms with van der Waals surface area (Å²) in [7, 11) is 3.94. The summed E-state index contributed by atoms with van der Waals surface area (Å²) in [5, 5.41) is 1.01. The quantitative estimate of drug-likeness (QED) is 0.149. The number of ether oxygens (including phenoxy) is 3. The monoisotopic (exact) mass is 601 g/mol. The van der Waals surface area contributed by atoms with Gasteiger partial charge in [-0.25, -0.2) is 0 Å². The van der Waals surface area contributed by atoms with Crippen LogP contribution in [0.15, 0.2) is 78.9 Å². The Morgan fingerprint density at radius 1 is 0.771 bits per heavy atom. The average molecular weight is 602 g/mol. The van der Waals surface area contributed by atoms with Gasteiger partial charge in [-0.3, -0.25) is 0 Å². The normalized spacial score (nSPS) is 34.3. The van der Waals surface area contributed by atoms with Crippen molar-refractivity contribution in [2.45, 2.75) is 62.8 Å². The van der Waals surface area contributed by atoms with Gasteiger partial charge in [0.1, 0.15) is 0 Å². The molecule has 4 unspecified atom stereocenters. The summed E-state index contributed by atoms with van der Waals surface area (Å²) >= 11 is 2.22. The van der Waals surface area contributed by atoms with Crippen LogP contribution in [-0.4, -0.2) is 22.3 Å². The Hall–Kier alpha value is -1.28. The predicted molar refractivity (Wildman–Crippen MR) is 140 cm³/mol. The van der Waals surface area contributed by atoms with Crippen molar-refractivity contribution in [1.29, 1.82) is 0 Å². The summed E-state index contributed by atoms with van der Waals surface area (Å²) < 4.78 is 18.9. The predicted octanol–water partition coefficient (Wildman–Crippen LogP) is 6.95. The van der Waals surface area contributed by atoms with Crippen molar-refractivity contribution in [3.05, 3.63) is 84.9 Å². The van der Waals surface area contributed by atoms with Gasteiger partial charge in [0.25, 0.3) is 0 Å².